The zero-order valence-corrected chi connectivity index (χ0v) is 24.8. The smallest absolute Gasteiger partial charge is 0.344 e. The molecule has 0 aliphatic heterocycles. The summed E-state index contributed by atoms with van der Waals surface area (Å²) in [7, 11) is 0. The average Bonchev–Trinajstić information content (AvgIpc) is 3.63. The van der Waals surface area contributed by atoms with Gasteiger partial charge in [-0.25, -0.2) is 9.59 Å². The molecular weight excluding hydrogens is 600 g/mol. The molecule has 8 heteroatoms. The van der Waals surface area contributed by atoms with Crippen LogP contribution in [0.25, 0.3) is 33.4 Å². The lowest BCUT2D eigenvalue weighted by Crippen LogP contribution is -2.12. The quantitative estimate of drug-likeness (QED) is 0.110. The molecule has 2 aliphatic carbocycles. The first-order valence-electron chi connectivity index (χ1n) is 14.6. The van der Waals surface area contributed by atoms with E-state index in [-0.39, 0.29) is 33.8 Å². The molecule has 0 atom stereocenters. The lowest BCUT2D eigenvalue weighted by molar-refractivity contribution is 0.0733. The third kappa shape index (κ3) is 4.59. The maximum Gasteiger partial charge on any atom is 0.344 e. The van der Waals surface area contributed by atoms with Crippen molar-refractivity contribution in [1.82, 2.24) is 0 Å². The van der Waals surface area contributed by atoms with Crippen molar-refractivity contribution >= 4 is 23.1 Å². The van der Waals surface area contributed by atoms with Gasteiger partial charge in [0.25, 0.3) is 0 Å². The molecule has 0 heterocycles. The molecule has 0 aromatic heterocycles. The Morgan fingerprint density at radius 3 is 1.19 bits per heavy atom. The van der Waals surface area contributed by atoms with E-state index >= 15 is 0 Å². The van der Waals surface area contributed by atoms with Crippen molar-refractivity contribution in [2.24, 2.45) is 0 Å². The molecule has 48 heavy (non-hydrogen) atoms. The van der Waals surface area contributed by atoms with E-state index in [1.54, 1.807) is 78.9 Å². The summed E-state index contributed by atoms with van der Waals surface area (Å²) in [6, 6.07) is 38.5. The molecular formula is C40H18N4O4. The minimum Gasteiger partial charge on any atom is -0.423 e. The number of carbonyl (C=O) groups excluding carboxylic acids is 2. The van der Waals surface area contributed by atoms with Gasteiger partial charge in [0.1, 0.15) is 46.9 Å². The summed E-state index contributed by atoms with van der Waals surface area (Å²) >= 11 is 0. The fourth-order valence-electron chi connectivity index (χ4n) is 6.31. The van der Waals surface area contributed by atoms with Crippen LogP contribution in [-0.4, -0.2) is 11.9 Å². The van der Waals surface area contributed by atoms with Crippen LogP contribution in [0.15, 0.2) is 120 Å². The molecule has 0 spiro atoms. The Labute approximate surface area is 274 Å². The highest BCUT2D eigenvalue weighted by atomic mass is 16.5. The predicted octanol–water partition coefficient (Wildman–Crippen LogP) is 7.78. The number of nitriles is 4. The highest BCUT2D eigenvalue weighted by Crippen LogP contribution is 2.48. The van der Waals surface area contributed by atoms with Gasteiger partial charge in [0.05, 0.1) is 11.1 Å². The highest BCUT2D eigenvalue weighted by molar-refractivity contribution is 6.12. The van der Waals surface area contributed by atoms with Crippen LogP contribution in [0.4, 0.5) is 0 Å². The van der Waals surface area contributed by atoms with Crippen molar-refractivity contribution in [2.75, 3.05) is 0 Å². The number of fused-ring (bicyclic) bond motifs is 6. The molecule has 0 bridgehead atoms. The van der Waals surface area contributed by atoms with E-state index in [1.807, 2.05) is 48.5 Å². The molecule has 0 unspecified atom stereocenters. The van der Waals surface area contributed by atoms with E-state index in [0.29, 0.717) is 55.7 Å². The number of rotatable bonds is 4. The van der Waals surface area contributed by atoms with Gasteiger partial charge in [-0.05, 0) is 57.6 Å². The third-order valence-corrected chi connectivity index (χ3v) is 8.21. The molecule has 0 radical (unpaired) electrons. The largest absolute Gasteiger partial charge is 0.423 e. The van der Waals surface area contributed by atoms with Gasteiger partial charge in [-0.2, -0.15) is 21.0 Å². The Morgan fingerprint density at radius 2 is 0.792 bits per heavy atom. The number of hydrogen-bond acceptors (Lipinski definition) is 8. The van der Waals surface area contributed by atoms with Crippen LogP contribution >= 0.6 is 0 Å². The predicted molar refractivity (Wildman–Crippen MR) is 175 cm³/mol. The molecule has 0 saturated heterocycles. The maximum atomic E-state index is 13.6. The monoisotopic (exact) mass is 618 g/mol. The number of hydrogen-bond donors (Lipinski definition) is 0. The van der Waals surface area contributed by atoms with Crippen LogP contribution in [0.2, 0.25) is 0 Å². The summed E-state index contributed by atoms with van der Waals surface area (Å²) in [4.78, 5) is 27.2. The SMILES string of the molecule is N#CC(C#N)=C1c2ccccc2-c2c(C(=O)Oc3cccc(OC(=O)c4cccc5c4-c4ccccc4C5=C(C#N)C#N)c3)cccc21. The molecule has 5 aromatic rings. The van der Waals surface area contributed by atoms with Crippen LogP contribution in [0, 0.1) is 45.3 Å². The van der Waals surface area contributed by atoms with Crippen molar-refractivity contribution in [3.63, 3.8) is 0 Å². The zero-order valence-electron chi connectivity index (χ0n) is 24.8. The lowest BCUT2D eigenvalue weighted by Gasteiger charge is -2.12. The van der Waals surface area contributed by atoms with Crippen LogP contribution in [0.5, 0.6) is 11.5 Å². The van der Waals surface area contributed by atoms with Gasteiger partial charge in [-0.15, -0.1) is 0 Å². The number of allylic oxidation sites excluding steroid dienone is 2. The van der Waals surface area contributed by atoms with Gasteiger partial charge >= 0.3 is 11.9 Å². The second-order valence-electron chi connectivity index (χ2n) is 10.7. The molecule has 222 valence electrons. The fraction of sp³-hybridized carbons (Fsp3) is 0. The van der Waals surface area contributed by atoms with E-state index in [2.05, 4.69) is 0 Å². The minimum atomic E-state index is -0.676. The molecule has 7 rings (SSSR count). The Morgan fingerprint density at radius 1 is 0.438 bits per heavy atom. The first-order valence-corrected chi connectivity index (χ1v) is 14.6. The lowest BCUT2D eigenvalue weighted by atomic mass is 9.97. The standard InChI is InChI=1S/C40H18N4O4/c41-19-23(20-42)35-27-10-1-3-12-29(27)37-31(35)14-6-16-33(37)39(45)47-25-8-5-9-26(18-25)48-40(46)34-17-7-15-32-36(24(21-43)22-44)28-11-2-4-13-30(28)38(32)34/h1-18H. The molecule has 0 amide bonds. The van der Waals surface area contributed by atoms with Gasteiger partial charge < -0.3 is 9.47 Å². The van der Waals surface area contributed by atoms with Gasteiger partial charge in [0.15, 0.2) is 0 Å². The Hall–Kier alpha value is -7.52. The van der Waals surface area contributed by atoms with Crippen LogP contribution in [-0.2, 0) is 0 Å². The van der Waals surface area contributed by atoms with Crippen LogP contribution in [0.1, 0.15) is 43.0 Å². The highest BCUT2D eigenvalue weighted by Gasteiger charge is 2.32. The number of carbonyl (C=O) groups is 2. The van der Waals surface area contributed by atoms with E-state index < -0.39 is 11.9 Å². The Bertz CT molecular complexity index is 2290. The molecule has 0 fully saturated rings. The topological polar surface area (TPSA) is 148 Å². The maximum absolute atomic E-state index is 13.6. The summed E-state index contributed by atoms with van der Waals surface area (Å²) in [6.45, 7) is 0. The summed E-state index contributed by atoms with van der Waals surface area (Å²) in [6.07, 6.45) is 0. The minimum absolute atomic E-state index is 0.0587. The van der Waals surface area contributed by atoms with Crippen molar-refractivity contribution in [3.05, 3.63) is 154 Å². The van der Waals surface area contributed by atoms with Crippen molar-refractivity contribution in [1.29, 1.82) is 21.0 Å². The molecule has 0 saturated carbocycles. The molecule has 0 N–H and O–H groups in total. The zero-order chi connectivity index (χ0) is 33.4. The fourth-order valence-corrected chi connectivity index (χ4v) is 6.31. The molecule has 2 aliphatic rings. The molecule has 5 aromatic carbocycles. The van der Waals surface area contributed by atoms with Crippen LogP contribution in [0.3, 0.4) is 0 Å². The van der Waals surface area contributed by atoms with E-state index in [1.165, 1.54) is 6.07 Å². The normalized spacial score (nSPS) is 11.3. The van der Waals surface area contributed by atoms with Gasteiger partial charge in [0.2, 0.25) is 0 Å². The van der Waals surface area contributed by atoms with E-state index in [9.17, 15) is 30.6 Å². The van der Waals surface area contributed by atoms with Crippen LogP contribution < -0.4 is 9.47 Å². The molecule has 8 nitrogen and oxygen atoms in total. The first-order chi connectivity index (χ1) is 23.5. The summed E-state index contributed by atoms with van der Waals surface area (Å²) in [5, 5.41) is 38.5. The van der Waals surface area contributed by atoms with Crippen molar-refractivity contribution in [2.45, 2.75) is 0 Å². The average molecular weight is 619 g/mol. The van der Waals surface area contributed by atoms with E-state index in [4.69, 9.17) is 9.47 Å². The Kier molecular flexibility index (Phi) is 7.16. The second kappa shape index (κ2) is 11.8. The summed E-state index contributed by atoms with van der Waals surface area (Å²) < 4.78 is 11.5. The second-order valence-corrected chi connectivity index (χ2v) is 10.7. The van der Waals surface area contributed by atoms with Gasteiger partial charge in [-0.1, -0.05) is 78.9 Å². The number of ether oxygens (including phenoxy) is 2. The van der Waals surface area contributed by atoms with E-state index in [0.717, 1.165) is 0 Å². The number of nitrogens with zero attached hydrogens (tertiary/aromatic N) is 4. The summed E-state index contributed by atoms with van der Waals surface area (Å²) in [5.74, 6) is -1.10. The van der Waals surface area contributed by atoms with Crippen molar-refractivity contribution < 1.29 is 19.1 Å². The van der Waals surface area contributed by atoms with Crippen molar-refractivity contribution in [3.8, 4) is 58.0 Å². The van der Waals surface area contributed by atoms with Gasteiger partial charge in [-0.3, -0.25) is 0 Å². The first kappa shape index (κ1) is 29.2. The number of benzene rings is 5. The summed E-state index contributed by atoms with van der Waals surface area (Å²) in [5.41, 5.74) is 6.31. The number of esters is 2. The Balaban J connectivity index is 1.20. The van der Waals surface area contributed by atoms with Gasteiger partial charge in [0, 0.05) is 28.3 Å². The third-order valence-electron chi connectivity index (χ3n) is 8.21.